The molecule has 32 heavy (non-hydrogen) atoms. The highest BCUT2D eigenvalue weighted by molar-refractivity contribution is 5.70. The van der Waals surface area contributed by atoms with E-state index in [9.17, 15) is 0 Å². The second kappa shape index (κ2) is 7.88. The van der Waals surface area contributed by atoms with E-state index in [1.54, 1.807) is 6.20 Å². The van der Waals surface area contributed by atoms with Crippen LogP contribution in [0.1, 0.15) is 19.4 Å². The Labute approximate surface area is 190 Å². The minimum Gasteiger partial charge on any atom is -0.456 e. The van der Waals surface area contributed by atoms with Crippen LogP contribution >= 0.6 is 0 Å². The van der Waals surface area contributed by atoms with Crippen molar-refractivity contribution in [1.29, 1.82) is 0 Å². The lowest BCUT2D eigenvalue weighted by Gasteiger charge is -2.47. The third-order valence-electron chi connectivity index (χ3n) is 6.43. The zero-order chi connectivity index (χ0) is 22.3. The number of rotatable bonds is 4. The number of nitrogens with zero attached hydrogens (tertiary/aromatic N) is 5. The van der Waals surface area contributed by atoms with Crippen molar-refractivity contribution >= 4 is 17.1 Å². The Balaban J connectivity index is 1.42. The van der Waals surface area contributed by atoms with Crippen LogP contribution in [0.15, 0.2) is 79.4 Å². The summed E-state index contributed by atoms with van der Waals surface area (Å²) >= 11 is 0. The Morgan fingerprint density at radius 2 is 1.66 bits per heavy atom. The predicted molar refractivity (Wildman–Crippen MR) is 129 cm³/mol. The van der Waals surface area contributed by atoms with Gasteiger partial charge in [-0.15, -0.1) is 0 Å². The molecule has 5 rings (SSSR count). The standard InChI is InChI=1S/C26H29N5O/c1-26(2)24-10-5-6-11-25(24)31(19-29(26)4)20-8-7-9-22(14-20)32-23-15-21(16-27-17-23)30-13-12-28(3)18-30/h5-17H,18-19H2,1-4H3. The molecule has 0 unspecified atom stereocenters. The van der Waals surface area contributed by atoms with Crippen molar-refractivity contribution < 1.29 is 4.74 Å². The van der Waals surface area contributed by atoms with Crippen LogP contribution in [0.3, 0.4) is 0 Å². The van der Waals surface area contributed by atoms with E-state index >= 15 is 0 Å². The molecule has 2 aromatic carbocycles. The first-order chi connectivity index (χ1) is 15.4. The topological polar surface area (TPSA) is 35.1 Å². The molecule has 1 aromatic heterocycles. The average molecular weight is 428 g/mol. The molecule has 3 aromatic rings. The highest BCUT2D eigenvalue weighted by Crippen LogP contribution is 2.42. The number of ether oxygens (including phenoxy) is 1. The van der Waals surface area contributed by atoms with Gasteiger partial charge in [0.15, 0.2) is 0 Å². The second-order valence-corrected chi connectivity index (χ2v) is 8.99. The van der Waals surface area contributed by atoms with E-state index in [-0.39, 0.29) is 5.54 Å². The van der Waals surface area contributed by atoms with E-state index in [1.165, 1.54) is 11.3 Å². The number of fused-ring (bicyclic) bond motifs is 1. The van der Waals surface area contributed by atoms with Crippen LogP contribution in [0.4, 0.5) is 17.1 Å². The van der Waals surface area contributed by atoms with Gasteiger partial charge in [-0.25, -0.2) is 0 Å². The normalized spacial score (nSPS) is 17.6. The van der Waals surface area contributed by atoms with Gasteiger partial charge in [0.2, 0.25) is 0 Å². The van der Waals surface area contributed by atoms with Crippen LogP contribution in [-0.2, 0) is 5.54 Å². The van der Waals surface area contributed by atoms with Gasteiger partial charge in [-0.3, -0.25) is 9.88 Å². The molecule has 0 radical (unpaired) electrons. The average Bonchev–Trinajstić information content (AvgIpc) is 3.23. The van der Waals surface area contributed by atoms with Crippen molar-refractivity contribution in [2.45, 2.75) is 19.4 Å². The molecule has 2 aliphatic rings. The summed E-state index contributed by atoms with van der Waals surface area (Å²) in [5, 5.41) is 0. The van der Waals surface area contributed by atoms with Crippen LogP contribution in [-0.4, -0.2) is 42.2 Å². The molecular weight excluding hydrogens is 398 g/mol. The van der Waals surface area contributed by atoms with E-state index < -0.39 is 0 Å². The second-order valence-electron chi connectivity index (χ2n) is 8.99. The maximum absolute atomic E-state index is 6.23. The molecule has 6 heteroatoms. The lowest BCUT2D eigenvalue weighted by Crippen LogP contribution is -2.49. The van der Waals surface area contributed by atoms with Crippen LogP contribution in [0.2, 0.25) is 0 Å². The summed E-state index contributed by atoms with van der Waals surface area (Å²) in [6.07, 6.45) is 7.71. The third-order valence-corrected chi connectivity index (χ3v) is 6.43. The van der Waals surface area contributed by atoms with Gasteiger partial charge in [-0.05, 0) is 44.7 Å². The fourth-order valence-electron chi connectivity index (χ4n) is 4.29. The number of pyridine rings is 1. The molecule has 0 aliphatic carbocycles. The SMILES string of the molecule is CN1C=CN(c2cncc(Oc3cccc(N4CN(C)C(C)(C)c5ccccc54)c3)c2)C1. The minimum atomic E-state index is -0.0224. The van der Waals surface area contributed by atoms with Gasteiger partial charge in [0.25, 0.3) is 0 Å². The van der Waals surface area contributed by atoms with Gasteiger partial charge in [0, 0.05) is 48.5 Å². The summed E-state index contributed by atoms with van der Waals surface area (Å²) in [6.45, 7) is 6.16. The highest BCUT2D eigenvalue weighted by atomic mass is 16.5. The van der Waals surface area contributed by atoms with Crippen LogP contribution in [0.5, 0.6) is 11.5 Å². The summed E-state index contributed by atoms with van der Waals surface area (Å²) in [4.78, 5) is 13.3. The van der Waals surface area contributed by atoms with E-state index in [0.29, 0.717) is 0 Å². The summed E-state index contributed by atoms with van der Waals surface area (Å²) in [5.74, 6) is 1.51. The van der Waals surface area contributed by atoms with E-state index in [1.807, 2.05) is 43.8 Å². The van der Waals surface area contributed by atoms with E-state index in [0.717, 1.165) is 36.2 Å². The molecular formula is C26H29N5O. The minimum absolute atomic E-state index is 0.0224. The van der Waals surface area contributed by atoms with Gasteiger partial charge in [0.05, 0.1) is 31.4 Å². The molecule has 6 nitrogen and oxygen atoms in total. The molecule has 0 saturated heterocycles. The zero-order valence-corrected chi connectivity index (χ0v) is 19.1. The number of hydrogen-bond donors (Lipinski definition) is 0. The quantitative estimate of drug-likeness (QED) is 0.560. The Hall–Kier alpha value is -3.51. The Bertz CT molecular complexity index is 1160. The van der Waals surface area contributed by atoms with E-state index in [2.05, 4.69) is 81.9 Å². The summed E-state index contributed by atoms with van der Waals surface area (Å²) < 4.78 is 6.23. The maximum atomic E-state index is 6.23. The molecule has 0 bridgehead atoms. The number of benzene rings is 2. The molecule has 0 N–H and O–H groups in total. The molecule has 2 aliphatic heterocycles. The molecule has 0 fully saturated rings. The van der Waals surface area contributed by atoms with Gasteiger partial charge in [-0.2, -0.15) is 0 Å². The Morgan fingerprint density at radius 1 is 0.844 bits per heavy atom. The van der Waals surface area contributed by atoms with Crippen molar-refractivity contribution in [2.24, 2.45) is 0 Å². The van der Waals surface area contributed by atoms with Gasteiger partial charge in [-0.1, -0.05) is 24.3 Å². The Morgan fingerprint density at radius 3 is 2.47 bits per heavy atom. The summed E-state index contributed by atoms with van der Waals surface area (Å²) in [7, 11) is 4.22. The monoisotopic (exact) mass is 427 g/mol. The van der Waals surface area contributed by atoms with Gasteiger partial charge >= 0.3 is 0 Å². The first-order valence-electron chi connectivity index (χ1n) is 10.9. The molecule has 0 saturated carbocycles. The van der Waals surface area contributed by atoms with Gasteiger partial charge < -0.3 is 19.4 Å². The Kier molecular flexibility index (Phi) is 5.02. The highest BCUT2D eigenvalue weighted by Gasteiger charge is 2.35. The van der Waals surface area contributed by atoms with Crippen LogP contribution in [0, 0.1) is 0 Å². The van der Waals surface area contributed by atoms with Crippen molar-refractivity contribution in [3.05, 3.63) is 85.0 Å². The van der Waals surface area contributed by atoms with Crippen molar-refractivity contribution in [2.75, 3.05) is 37.2 Å². The molecule has 0 atom stereocenters. The lowest BCUT2D eigenvalue weighted by atomic mass is 9.88. The van der Waals surface area contributed by atoms with Crippen LogP contribution < -0.4 is 14.5 Å². The first kappa shape index (κ1) is 20.4. The number of anilines is 3. The van der Waals surface area contributed by atoms with Crippen LogP contribution in [0.25, 0.3) is 0 Å². The number of hydrogen-bond acceptors (Lipinski definition) is 6. The molecule has 0 spiro atoms. The summed E-state index contributed by atoms with van der Waals surface area (Å²) in [5.41, 5.74) is 4.64. The number of aromatic nitrogens is 1. The van der Waals surface area contributed by atoms with Crippen molar-refractivity contribution in [3.8, 4) is 11.5 Å². The molecule has 0 amide bonds. The largest absolute Gasteiger partial charge is 0.456 e. The van der Waals surface area contributed by atoms with Crippen molar-refractivity contribution in [3.63, 3.8) is 0 Å². The summed E-state index contributed by atoms with van der Waals surface area (Å²) in [6, 6.07) is 18.9. The van der Waals surface area contributed by atoms with Crippen molar-refractivity contribution in [1.82, 2.24) is 14.8 Å². The first-order valence-corrected chi connectivity index (χ1v) is 10.9. The molecule has 3 heterocycles. The fourth-order valence-corrected chi connectivity index (χ4v) is 4.29. The van der Waals surface area contributed by atoms with E-state index in [4.69, 9.17) is 4.74 Å². The predicted octanol–water partition coefficient (Wildman–Crippen LogP) is 5.33. The smallest absolute Gasteiger partial charge is 0.147 e. The maximum Gasteiger partial charge on any atom is 0.147 e. The lowest BCUT2D eigenvalue weighted by molar-refractivity contribution is 0.150. The molecule has 164 valence electrons. The zero-order valence-electron chi connectivity index (χ0n) is 19.1. The number of para-hydroxylation sites is 1. The fraction of sp³-hybridized carbons (Fsp3) is 0.269. The van der Waals surface area contributed by atoms with Gasteiger partial charge in [0.1, 0.15) is 11.5 Å². The third kappa shape index (κ3) is 3.67.